The lowest BCUT2D eigenvalue weighted by Gasteiger charge is -2.45. The molecule has 2 aliphatic rings. The van der Waals surface area contributed by atoms with E-state index in [0.717, 1.165) is 16.7 Å². The number of phenolic OH excluding ortho intramolecular Hbond substituents is 2. The molecule has 26 heavy (non-hydrogen) atoms. The molecule has 0 unspecified atom stereocenters. The van der Waals surface area contributed by atoms with Crippen molar-refractivity contribution in [3.63, 3.8) is 0 Å². The van der Waals surface area contributed by atoms with Gasteiger partial charge in [-0.3, -0.25) is 4.79 Å². The number of Topliss-reactive ketones (excluding diaryl/α,β-unsaturated/α-hetero) is 1. The first-order valence-electron chi connectivity index (χ1n) is 8.48. The maximum Gasteiger partial charge on any atom is 0.217 e. The molecule has 136 valence electrons. The van der Waals surface area contributed by atoms with Gasteiger partial charge in [-0.1, -0.05) is 0 Å². The second-order valence-corrected chi connectivity index (χ2v) is 7.52. The molecule has 0 spiro atoms. The molecule has 0 amide bonds. The van der Waals surface area contributed by atoms with Crippen LogP contribution in [0.1, 0.15) is 27.5 Å². The Balaban J connectivity index is 2.12. The number of hydrogen-bond donors (Lipinski definition) is 2. The number of likely N-dealkylation sites (N-methyl/N-ethyl adjacent to an activating group) is 1. The molecule has 0 saturated heterocycles. The molecule has 0 fully saturated rings. The number of rotatable bonds is 2. The summed E-state index contributed by atoms with van der Waals surface area (Å²) in [4.78, 5) is 12.8. The van der Waals surface area contributed by atoms with Crippen LogP contribution in [0.25, 0.3) is 11.1 Å². The topological polar surface area (TPSA) is 76.0 Å². The number of carbonyl (C=O) groups is 1. The maximum absolute atomic E-state index is 12.8. The van der Waals surface area contributed by atoms with E-state index in [0.29, 0.717) is 34.3 Å². The fourth-order valence-electron chi connectivity index (χ4n) is 4.32. The first kappa shape index (κ1) is 16.7. The zero-order valence-electron chi connectivity index (χ0n) is 15.3. The van der Waals surface area contributed by atoms with Gasteiger partial charge in [0.05, 0.1) is 28.3 Å². The summed E-state index contributed by atoms with van der Waals surface area (Å²) in [7, 11) is 6.99. The largest absolute Gasteiger partial charge is 0.504 e. The van der Waals surface area contributed by atoms with E-state index in [1.807, 2.05) is 14.1 Å². The van der Waals surface area contributed by atoms with Crippen LogP contribution in [0.4, 0.5) is 0 Å². The first-order chi connectivity index (χ1) is 12.3. The van der Waals surface area contributed by atoms with Gasteiger partial charge in [-0.2, -0.15) is 0 Å². The average Bonchev–Trinajstić information content (AvgIpc) is 2.59. The van der Waals surface area contributed by atoms with Crippen LogP contribution in [-0.2, 0) is 6.42 Å². The summed E-state index contributed by atoms with van der Waals surface area (Å²) in [6.45, 7) is 0.377. The van der Waals surface area contributed by atoms with Crippen molar-refractivity contribution < 1.29 is 29.0 Å². The molecular formula is C20H22NO5+. The normalized spacial score (nSPS) is 19.5. The standard InChI is InChI=1S/C20H21NO5/c1-21(2)9-15(23)12-8-17(26-4)20(24)19-11-7-16(25-3)14(22)6-10(11)5-13(21)18(12)19/h6-8,13H,5,9H2,1-4H3,(H-,22,23,24)/p+1/t13-/m0/s1. The monoisotopic (exact) mass is 356 g/mol. The highest BCUT2D eigenvalue weighted by molar-refractivity contribution is 6.03. The maximum atomic E-state index is 12.8. The zero-order chi connectivity index (χ0) is 18.8. The van der Waals surface area contributed by atoms with E-state index in [2.05, 4.69) is 0 Å². The van der Waals surface area contributed by atoms with Crippen LogP contribution in [0.5, 0.6) is 23.0 Å². The van der Waals surface area contributed by atoms with Gasteiger partial charge in [0.2, 0.25) is 5.78 Å². The number of methoxy groups -OCH3 is 2. The molecule has 1 aliphatic carbocycles. The minimum Gasteiger partial charge on any atom is -0.504 e. The SMILES string of the molecule is COc1cc2c(cc1O)C[C@H]1c3c(cc(OC)c(O)c3-2)C(=O)C[N+]1(C)C. The Hall–Kier alpha value is -2.73. The molecule has 1 aliphatic heterocycles. The van der Waals surface area contributed by atoms with Crippen LogP contribution in [0.3, 0.4) is 0 Å². The Morgan fingerprint density at radius 3 is 2.35 bits per heavy atom. The van der Waals surface area contributed by atoms with Crippen LogP contribution in [0.15, 0.2) is 18.2 Å². The average molecular weight is 356 g/mol. The summed E-state index contributed by atoms with van der Waals surface area (Å²) in [5.74, 6) is 0.719. The Morgan fingerprint density at radius 1 is 1.04 bits per heavy atom. The predicted octanol–water partition coefficient (Wildman–Crippen LogP) is 2.65. The van der Waals surface area contributed by atoms with Crippen LogP contribution in [0, 0.1) is 0 Å². The molecule has 6 heteroatoms. The molecule has 2 aromatic carbocycles. The molecule has 2 aromatic rings. The van der Waals surface area contributed by atoms with Crippen molar-refractivity contribution in [2.75, 3.05) is 34.9 Å². The number of nitrogens with zero attached hydrogens (tertiary/aromatic N) is 1. The van der Waals surface area contributed by atoms with Crippen LogP contribution in [0.2, 0.25) is 0 Å². The van der Waals surface area contributed by atoms with Crippen molar-refractivity contribution in [1.82, 2.24) is 0 Å². The molecule has 1 atom stereocenters. The van der Waals surface area contributed by atoms with Crippen LogP contribution in [-0.4, -0.2) is 55.3 Å². The molecule has 2 N–H and O–H groups in total. The molecule has 0 radical (unpaired) electrons. The highest BCUT2D eigenvalue weighted by Gasteiger charge is 2.46. The Bertz CT molecular complexity index is 948. The van der Waals surface area contributed by atoms with E-state index in [4.69, 9.17) is 9.47 Å². The van der Waals surface area contributed by atoms with Crippen molar-refractivity contribution in [1.29, 1.82) is 0 Å². The summed E-state index contributed by atoms with van der Waals surface area (Å²) in [5, 5.41) is 21.1. The second kappa shape index (κ2) is 5.38. The van der Waals surface area contributed by atoms with Gasteiger partial charge in [-0.05, 0) is 29.3 Å². The van der Waals surface area contributed by atoms with E-state index in [1.54, 1.807) is 18.2 Å². The number of benzene rings is 2. The van der Waals surface area contributed by atoms with E-state index in [1.165, 1.54) is 14.2 Å². The molecule has 4 rings (SSSR count). The number of hydrogen-bond acceptors (Lipinski definition) is 5. The van der Waals surface area contributed by atoms with Crippen molar-refractivity contribution in [2.45, 2.75) is 12.5 Å². The van der Waals surface area contributed by atoms with Gasteiger partial charge in [0.1, 0.15) is 12.6 Å². The van der Waals surface area contributed by atoms with E-state index < -0.39 is 0 Å². The van der Waals surface area contributed by atoms with Gasteiger partial charge < -0.3 is 24.2 Å². The van der Waals surface area contributed by atoms with Gasteiger partial charge in [0.15, 0.2) is 23.0 Å². The number of quaternary nitrogens is 1. The Morgan fingerprint density at radius 2 is 1.69 bits per heavy atom. The lowest BCUT2D eigenvalue weighted by atomic mass is 9.75. The van der Waals surface area contributed by atoms with Gasteiger partial charge in [0.25, 0.3) is 0 Å². The van der Waals surface area contributed by atoms with Crippen molar-refractivity contribution in [2.24, 2.45) is 0 Å². The Labute approximate surface area is 151 Å². The number of ether oxygens (including phenoxy) is 2. The number of ketones is 1. The van der Waals surface area contributed by atoms with Crippen molar-refractivity contribution in [3.05, 3.63) is 34.9 Å². The molecule has 0 bridgehead atoms. The highest BCUT2D eigenvalue weighted by Crippen LogP contribution is 2.54. The third kappa shape index (κ3) is 2.12. The summed E-state index contributed by atoms with van der Waals surface area (Å²) < 4.78 is 11.1. The summed E-state index contributed by atoms with van der Waals surface area (Å²) in [5.41, 5.74) is 3.73. The van der Waals surface area contributed by atoms with Gasteiger partial charge in [0, 0.05) is 23.1 Å². The third-order valence-electron chi connectivity index (χ3n) is 5.64. The molecule has 0 aromatic heterocycles. The molecule has 0 saturated carbocycles. The second-order valence-electron chi connectivity index (χ2n) is 7.52. The predicted molar refractivity (Wildman–Crippen MR) is 96.1 cm³/mol. The molecule has 1 heterocycles. The lowest BCUT2D eigenvalue weighted by Crippen LogP contribution is -2.52. The summed E-state index contributed by atoms with van der Waals surface area (Å²) in [6, 6.07) is 5.06. The van der Waals surface area contributed by atoms with Gasteiger partial charge >= 0.3 is 0 Å². The number of aromatic hydroxyl groups is 2. The van der Waals surface area contributed by atoms with E-state index in [9.17, 15) is 15.0 Å². The third-order valence-corrected chi connectivity index (χ3v) is 5.64. The Kier molecular flexibility index (Phi) is 3.46. The molecule has 6 nitrogen and oxygen atoms in total. The molecular weight excluding hydrogens is 334 g/mol. The van der Waals surface area contributed by atoms with Gasteiger partial charge in [-0.15, -0.1) is 0 Å². The minimum absolute atomic E-state index is 0.00908. The van der Waals surface area contributed by atoms with Gasteiger partial charge in [-0.25, -0.2) is 0 Å². The summed E-state index contributed by atoms with van der Waals surface area (Å²) in [6.07, 6.45) is 0.666. The highest BCUT2D eigenvalue weighted by atomic mass is 16.5. The fraction of sp³-hybridized carbons (Fsp3) is 0.350. The zero-order valence-corrected chi connectivity index (χ0v) is 15.3. The fourth-order valence-corrected chi connectivity index (χ4v) is 4.32. The van der Waals surface area contributed by atoms with Crippen molar-refractivity contribution >= 4 is 5.78 Å². The first-order valence-corrected chi connectivity index (χ1v) is 8.48. The minimum atomic E-state index is 0.00908. The number of phenols is 2. The quantitative estimate of drug-likeness (QED) is 0.809. The lowest BCUT2D eigenvalue weighted by molar-refractivity contribution is -0.914. The van der Waals surface area contributed by atoms with Crippen molar-refractivity contribution in [3.8, 4) is 34.1 Å². The number of fused-ring (bicyclic) bond motifs is 2. The van der Waals surface area contributed by atoms with Crippen LogP contribution < -0.4 is 9.47 Å². The number of carbonyl (C=O) groups excluding carboxylic acids is 1. The smallest absolute Gasteiger partial charge is 0.217 e. The van der Waals surface area contributed by atoms with Crippen LogP contribution >= 0.6 is 0 Å². The van der Waals surface area contributed by atoms with E-state index >= 15 is 0 Å². The summed E-state index contributed by atoms with van der Waals surface area (Å²) >= 11 is 0. The van der Waals surface area contributed by atoms with E-state index in [-0.39, 0.29) is 29.1 Å².